The number of fused-ring (bicyclic) bond motifs is 1. The summed E-state index contributed by atoms with van der Waals surface area (Å²) in [5, 5.41) is 3.29. The fourth-order valence-electron chi connectivity index (χ4n) is 4.41. The third-order valence-electron chi connectivity index (χ3n) is 5.70. The summed E-state index contributed by atoms with van der Waals surface area (Å²) < 4.78 is 2.18. The fourth-order valence-corrected chi connectivity index (χ4v) is 4.41. The molecule has 2 heteroatoms. The third kappa shape index (κ3) is 3.69. The molecule has 0 amide bonds. The Labute approximate surface area is 169 Å². The van der Waals surface area contributed by atoms with Crippen molar-refractivity contribution in [2.45, 2.75) is 46.6 Å². The van der Waals surface area contributed by atoms with Crippen molar-refractivity contribution in [2.75, 3.05) is 0 Å². The van der Waals surface area contributed by atoms with E-state index in [0.29, 0.717) is 11.8 Å². The van der Waals surface area contributed by atoms with Gasteiger partial charge < -0.3 is 4.57 Å². The van der Waals surface area contributed by atoms with E-state index in [2.05, 4.69) is 87.1 Å². The predicted molar refractivity (Wildman–Crippen MR) is 125 cm³/mol. The van der Waals surface area contributed by atoms with Gasteiger partial charge in [0.1, 0.15) is 0 Å². The molecule has 3 rings (SSSR count). The number of hydrogen-bond donors (Lipinski definition) is 0. The maximum atomic E-state index is 4.51. The summed E-state index contributed by atoms with van der Waals surface area (Å²) in [4.78, 5) is 4.51. The first-order valence-electron chi connectivity index (χ1n) is 10.1. The maximum absolute atomic E-state index is 4.51. The summed E-state index contributed by atoms with van der Waals surface area (Å²) in [5.41, 5.74) is 5.75. The van der Waals surface area contributed by atoms with Crippen molar-refractivity contribution in [1.82, 2.24) is 4.57 Å². The molecule has 1 aliphatic rings. The minimum absolute atomic E-state index is 0.212. The maximum Gasteiger partial charge on any atom is 0.0563 e. The van der Waals surface area contributed by atoms with Gasteiger partial charge in [-0.25, -0.2) is 0 Å². The molecular formula is C26H32N2. The molecule has 0 spiro atoms. The molecule has 1 aromatic heterocycles. The molecule has 0 radical (unpaired) electrons. The molecule has 2 nitrogen and oxygen atoms in total. The smallest absolute Gasteiger partial charge is 0.0563 e. The first-order valence-corrected chi connectivity index (χ1v) is 10.1. The van der Waals surface area contributed by atoms with E-state index in [4.69, 9.17) is 0 Å². The predicted octanol–water partition coefficient (Wildman–Crippen LogP) is 5.11. The van der Waals surface area contributed by atoms with Gasteiger partial charge in [0.15, 0.2) is 0 Å². The van der Waals surface area contributed by atoms with E-state index in [1.54, 1.807) is 0 Å². The van der Waals surface area contributed by atoms with Gasteiger partial charge in [-0.15, -0.1) is 0 Å². The van der Waals surface area contributed by atoms with E-state index in [1.807, 2.05) is 6.92 Å². The van der Waals surface area contributed by atoms with Crippen LogP contribution >= 0.6 is 0 Å². The Morgan fingerprint density at radius 3 is 2.64 bits per heavy atom. The highest BCUT2D eigenvalue weighted by atomic mass is 15.0. The molecule has 1 aromatic carbocycles. The average molecular weight is 373 g/mol. The van der Waals surface area contributed by atoms with E-state index in [0.717, 1.165) is 40.2 Å². The van der Waals surface area contributed by atoms with Gasteiger partial charge in [-0.05, 0) is 63.1 Å². The molecule has 146 valence electrons. The van der Waals surface area contributed by atoms with Gasteiger partial charge in [0.05, 0.1) is 11.6 Å². The van der Waals surface area contributed by atoms with Crippen LogP contribution in [0.4, 0.5) is 0 Å². The zero-order valence-electron chi connectivity index (χ0n) is 17.8. The molecule has 2 atom stereocenters. The zero-order chi connectivity index (χ0) is 20.6. The summed E-state index contributed by atoms with van der Waals surface area (Å²) in [6.45, 7) is 25.4. The number of rotatable bonds is 5. The van der Waals surface area contributed by atoms with Crippen molar-refractivity contribution in [3.63, 3.8) is 0 Å². The summed E-state index contributed by atoms with van der Waals surface area (Å²) in [6.07, 6.45) is 6.31. The van der Waals surface area contributed by atoms with E-state index in [9.17, 15) is 0 Å². The van der Waals surface area contributed by atoms with Gasteiger partial charge in [-0.2, -0.15) is 0 Å². The topological polar surface area (TPSA) is 17.3 Å². The first-order chi connectivity index (χ1) is 13.2. The Bertz CT molecular complexity index is 1090. The van der Waals surface area contributed by atoms with Crippen LogP contribution in [0, 0.1) is 11.8 Å². The summed E-state index contributed by atoms with van der Waals surface area (Å²) in [5.74, 6) is 0.912. The van der Waals surface area contributed by atoms with E-state index in [-0.39, 0.29) is 6.04 Å². The van der Waals surface area contributed by atoms with Gasteiger partial charge in [-0.1, -0.05) is 56.9 Å². The molecule has 1 aliphatic heterocycles. The van der Waals surface area contributed by atoms with Crippen LogP contribution in [0.2, 0.25) is 0 Å². The standard InChI is InChI=1S/C26H32N2/c1-16(2)11-24-20(7)28-19(6)13-18(5)23(25(27-8)12-17(3)4)14-21-9-10-22(24)26(28)15-21/h9-11,13,15,17,23,25H,1,6-8,12,14H2,2-5H3/b18-13?,24-11+. The second-order valence-corrected chi connectivity index (χ2v) is 8.61. The molecule has 2 unspecified atom stereocenters. The number of aromatic nitrogens is 1. The molecule has 0 N–H and O–H groups in total. The van der Waals surface area contributed by atoms with Crippen LogP contribution in [0.5, 0.6) is 0 Å². The largest absolute Gasteiger partial charge is 0.310 e. The summed E-state index contributed by atoms with van der Waals surface area (Å²) in [7, 11) is 0. The van der Waals surface area contributed by atoms with Crippen LogP contribution in [0.15, 0.2) is 53.6 Å². The Balaban J connectivity index is 2.24. The minimum Gasteiger partial charge on any atom is -0.310 e. The van der Waals surface area contributed by atoms with Gasteiger partial charge in [0.2, 0.25) is 0 Å². The quantitative estimate of drug-likeness (QED) is 0.649. The normalized spacial score (nSPS) is 18.8. The van der Waals surface area contributed by atoms with Crippen LogP contribution in [0.1, 0.15) is 39.7 Å². The molecule has 2 heterocycles. The van der Waals surface area contributed by atoms with Crippen molar-refractivity contribution in [1.29, 1.82) is 0 Å². The SMILES string of the molecule is C=NC(CC(C)C)C1Cc2ccc3/c(=C/C(=C)C)c(=C)n(c3c2)C(=C)C=C1C. The minimum atomic E-state index is 0.212. The Morgan fingerprint density at radius 1 is 1.32 bits per heavy atom. The molecule has 0 fully saturated rings. The lowest BCUT2D eigenvalue weighted by molar-refractivity contribution is 0.401. The van der Waals surface area contributed by atoms with Crippen molar-refractivity contribution in [3.05, 3.63) is 64.7 Å². The van der Waals surface area contributed by atoms with Crippen LogP contribution < -0.4 is 10.6 Å². The van der Waals surface area contributed by atoms with E-state index >= 15 is 0 Å². The van der Waals surface area contributed by atoms with Crippen molar-refractivity contribution >= 4 is 36.0 Å². The highest BCUT2D eigenvalue weighted by molar-refractivity contribution is 5.87. The fraction of sp³-hybridized carbons (Fsp3) is 0.346. The molecule has 2 aromatic rings. The van der Waals surface area contributed by atoms with Gasteiger partial charge in [-0.3, -0.25) is 4.99 Å². The Hall–Kier alpha value is -2.61. The summed E-state index contributed by atoms with van der Waals surface area (Å²) >= 11 is 0. The number of hydrogen-bond acceptors (Lipinski definition) is 1. The molecule has 0 saturated heterocycles. The number of nitrogens with zero attached hydrogens (tertiary/aromatic N) is 2. The van der Waals surface area contributed by atoms with E-state index < -0.39 is 0 Å². The monoisotopic (exact) mass is 372 g/mol. The van der Waals surface area contributed by atoms with Gasteiger partial charge >= 0.3 is 0 Å². The Morgan fingerprint density at radius 2 is 2.04 bits per heavy atom. The van der Waals surface area contributed by atoms with Crippen molar-refractivity contribution in [3.8, 4) is 0 Å². The van der Waals surface area contributed by atoms with Crippen LogP contribution in [0.25, 0.3) is 29.3 Å². The van der Waals surface area contributed by atoms with Gasteiger partial charge in [0, 0.05) is 27.6 Å². The Kier molecular flexibility index (Phi) is 5.60. The number of aliphatic imine (C=N–C) groups is 1. The highest BCUT2D eigenvalue weighted by Gasteiger charge is 2.25. The lowest BCUT2D eigenvalue weighted by Gasteiger charge is -2.26. The van der Waals surface area contributed by atoms with Crippen LogP contribution in [-0.2, 0) is 6.42 Å². The number of benzene rings is 1. The van der Waals surface area contributed by atoms with Crippen molar-refractivity contribution in [2.24, 2.45) is 16.8 Å². The molecule has 2 bridgehead atoms. The van der Waals surface area contributed by atoms with Gasteiger partial charge in [0.25, 0.3) is 0 Å². The molecular weight excluding hydrogens is 340 g/mol. The third-order valence-corrected chi connectivity index (χ3v) is 5.70. The van der Waals surface area contributed by atoms with Crippen molar-refractivity contribution < 1.29 is 0 Å². The molecule has 0 aliphatic carbocycles. The second-order valence-electron chi connectivity index (χ2n) is 8.61. The highest BCUT2D eigenvalue weighted by Crippen LogP contribution is 2.31. The van der Waals surface area contributed by atoms with Crippen LogP contribution in [0.3, 0.4) is 0 Å². The van der Waals surface area contributed by atoms with E-state index in [1.165, 1.54) is 16.5 Å². The number of allylic oxidation sites excluding steroid dienone is 3. The molecule has 28 heavy (non-hydrogen) atoms. The second kappa shape index (κ2) is 7.79. The van der Waals surface area contributed by atoms with Crippen LogP contribution in [-0.4, -0.2) is 17.3 Å². The lowest BCUT2D eigenvalue weighted by atomic mass is 9.82. The molecule has 0 saturated carbocycles. The lowest BCUT2D eigenvalue weighted by Crippen LogP contribution is -2.27. The average Bonchev–Trinajstić information content (AvgIpc) is 2.89. The zero-order valence-corrected chi connectivity index (χ0v) is 17.8. The first kappa shape index (κ1) is 20.1. The summed E-state index contributed by atoms with van der Waals surface area (Å²) in [6, 6.07) is 6.96.